The number of aromatic nitrogens is 5. The third-order valence-electron chi connectivity index (χ3n) is 6.37. The SMILES string of the molecule is FC(F)(F)Oc1ccc(-c2noc([C@@H]3Cc4nc[nH]c4CN3Cc3ccc(-c4ccccn4)cc3)n2)cc1. The number of H-pyrrole nitrogens is 1. The fourth-order valence-corrected chi connectivity index (χ4v) is 4.54. The summed E-state index contributed by atoms with van der Waals surface area (Å²) >= 11 is 0. The summed E-state index contributed by atoms with van der Waals surface area (Å²) in [7, 11) is 0. The van der Waals surface area contributed by atoms with E-state index in [1.807, 2.05) is 18.2 Å². The summed E-state index contributed by atoms with van der Waals surface area (Å²) in [5.74, 6) is 0.379. The van der Waals surface area contributed by atoms with Gasteiger partial charge in [0.15, 0.2) is 0 Å². The Morgan fingerprint density at radius 1 is 0.974 bits per heavy atom. The molecule has 0 radical (unpaired) electrons. The molecule has 0 bridgehead atoms. The molecular formula is C27H21F3N6O2. The molecule has 0 amide bonds. The molecule has 2 aromatic carbocycles. The molecule has 1 atom stereocenters. The van der Waals surface area contributed by atoms with E-state index in [9.17, 15) is 13.2 Å². The van der Waals surface area contributed by atoms with Gasteiger partial charge >= 0.3 is 6.36 Å². The van der Waals surface area contributed by atoms with Crippen molar-refractivity contribution < 1.29 is 22.4 Å². The van der Waals surface area contributed by atoms with E-state index in [-0.39, 0.29) is 17.6 Å². The molecule has 0 unspecified atom stereocenters. The molecule has 1 aliphatic heterocycles. The third-order valence-corrected chi connectivity index (χ3v) is 6.37. The quantitative estimate of drug-likeness (QED) is 0.307. The molecule has 6 rings (SSSR count). The zero-order valence-corrected chi connectivity index (χ0v) is 19.9. The first-order chi connectivity index (χ1) is 18.4. The highest BCUT2D eigenvalue weighted by Gasteiger charge is 2.34. The highest BCUT2D eigenvalue weighted by molar-refractivity contribution is 5.59. The number of halogens is 3. The molecule has 0 aliphatic carbocycles. The van der Waals surface area contributed by atoms with E-state index in [4.69, 9.17) is 4.52 Å². The number of hydrogen-bond acceptors (Lipinski definition) is 7. The molecule has 1 N–H and O–H groups in total. The summed E-state index contributed by atoms with van der Waals surface area (Å²) in [5.41, 5.74) is 5.54. The minimum Gasteiger partial charge on any atom is -0.406 e. The van der Waals surface area contributed by atoms with Gasteiger partial charge in [-0.2, -0.15) is 4.98 Å². The second-order valence-electron chi connectivity index (χ2n) is 8.89. The number of ether oxygens (including phenoxy) is 1. The molecule has 11 heteroatoms. The number of alkyl halides is 3. The highest BCUT2D eigenvalue weighted by Crippen LogP contribution is 2.34. The topological polar surface area (TPSA) is 93.0 Å². The molecule has 38 heavy (non-hydrogen) atoms. The fraction of sp³-hybridized carbons (Fsp3) is 0.185. The number of imidazole rings is 1. The summed E-state index contributed by atoms with van der Waals surface area (Å²) in [5, 5.41) is 4.09. The van der Waals surface area contributed by atoms with Crippen molar-refractivity contribution >= 4 is 0 Å². The average molecular weight is 518 g/mol. The van der Waals surface area contributed by atoms with Crippen LogP contribution >= 0.6 is 0 Å². The highest BCUT2D eigenvalue weighted by atomic mass is 19.4. The Labute approximate surface area is 215 Å². The smallest absolute Gasteiger partial charge is 0.406 e. The Morgan fingerprint density at radius 3 is 2.50 bits per heavy atom. The van der Waals surface area contributed by atoms with Gasteiger partial charge in [-0.25, -0.2) is 4.98 Å². The first kappa shape index (κ1) is 23.9. The molecule has 192 valence electrons. The van der Waals surface area contributed by atoms with Crippen molar-refractivity contribution in [3.63, 3.8) is 0 Å². The Balaban J connectivity index is 1.23. The van der Waals surface area contributed by atoms with E-state index < -0.39 is 6.36 Å². The number of aromatic amines is 1. The van der Waals surface area contributed by atoms with Crippen LogP contribution in [0, 0.1) is 0 Å². The largest absolute Gasteiger partial charge is 0.573 e. The van der Waals surface area contributed by atoms with Crippen molar-refractivity contribution in [3.8, 4) is 28.4 Å². The van der Waals surface area contributed by atoms with E-state index in [1.54, 1.807) is 12.5 Å². The number of hydrogen-bond donors (Lipinski definition) is 1. The fourth-order valence-electron chi connectivity index (χ4n) is 4.54. The van der Waals surface area contributed by atoms with E-state index in [0.29, 0.717) is 31.0 Å². The summed E-state index contributed by atoms with van der Waals surface area (Å²) in [4.78, 5) is 18.9. The van der Waals surface area contributed by atoms with Crippen LogP contribution in [0.4, 0.5) is 13.2 Å². The second-order valence-corrected chi connectivity index (χ2v) is 8.89. The number of nitrogens with zero attached hydrogens (tertiary/aromatic N) is 5. The van der Waals surface area contributed by atoms with Gasteiger partial charge in [0.05, 0.1) is 29.5 Å². The van der Waals surface area contributed by atoms with Crippen molar-refractivity contribution in [2.24, 2.45) is 0 Å². The van der Waals surface area contributed by atoms with Gasteiger partial charge in [0.25, 0.3) is 0 Å². The van der Waals surface area contributed by atoms with Crippen LogP contribution in [0.15, 0.2) is 83.8 Å². The molecule has 8 nitrogen and oxygen atoms in total. The lowest BCUT2D eigenvalue weighted by molar-refractivity contribution is -0.274. The molecular weight excluding hydrogens is 497 g/mol. The first-order valence-corrected chi connectivity index (χ1v) is 11.9. The summed E-state index contributed by atoms with van der Waals surface area (Å²) < 4.78 is 47.0. The zero-order valence-electron chi connectivity index (χ0n) is 19.9. The number of rotatable bonds is 6. The van der Waals surface area contributed by atoms with Gasteiger partial charge in [0, 0.05) is 36.8 Å². The summed E-state index contributed by atoms with van der Waals surface area (Å²) in [6, 6.07) is 19.2. The van der Waals surface area contributed by atoms with Crippen LogP contribution in [0.5, 0.6) is 5.75 Å². The lowest BCUT2D eigenvalue weighted by Gasteiger charge is -2.32. The predicted octanol–water partition coefficient (Wildman–Crippen LogP) is 5.72. The number of benzene rings is 2. The Bertz CT molecular complexity index is 1520. The van der Waals surface area contributed by atoms with Gasteiger partial charge < -0.3 is 14.2 Å². The minimum absolute atomic E-state index is 0.227. The lowest BCUT2D eigenvalue weighted by Crippen LogP contribution is -2.34. The van der Waals surface area contributed by atoms with Gasteiger partial charge in [0.2, 0.25) is 11.7 Å². The van der Waals surface area contributed by atoms with Crippen molar-refractivity contribution in [1.82, 2.24) is 30.0 Å². The molecule has 1 aliphatic rings. The maximum absolute atomic E-state index is 12.5. The van der Waals surface area contributed by atoms with Gasteiger partial charge in [-0.05, 0) is 42.0 Å². The van der Waals surface area contributed by atoms with E-state index in [2.05, 4.69) is 59.0 Å². The van der Waals surface area contributed by atoms with Gasteiger partial charge in [-0.15, -0.1) is 13.2 Å². The van der Waals surface area contributed by atoms with E-state index in [1.165, 1.54) is 24.3 Å². The third kappa shape index (κ3) is 5.14. The molecule has 3 aromatic heterocycles. The summed E-state index contributed by atoms with van der Waals surface area (Å²) in [6.07, 6.45) is -0.733. The van der Waals surface area contributed by atoms with Crippen LogP contribution in [0.3, 0.4) is 0 Å². The molecule has 0 spiro atoms. The molecule has 0 saturated heterocycles. The maximum atomic E-state index is 12.5. The number of fused-ring (bicyclic) bond motifs is 1. The Kier molecular flexibility index (Phi) is 6.12. The zero-order chi connectivity index (χ0) is 26.1. The number of nitrogens with one attached hydrogen (secondary N) is 1. The Morgan fingerprint density at radius 2 is 1.76 bits per heavy atom. The van der Waals surface area contributed by atoms with Crippen LogP contribution in [-0.4, -0.2) is 36.4 Å². The second kappa shape index (κ2) is 9.75. The Hall–Kier alpha value is -4.51. The molecule has 0 saturated carbocycles. The van der Waals surface area contributed by atoms with Crippen molar-refractivity contribution in [1.29, 1.82) is 0 Å². The normalized spacial score (nSPS) is 15.8. The standard InChI is InChI=1S/C27H21F3N6O2/c28-27(29,30)37-20-10-8-19(9-11-20)25-34-26(38-35-25)24-13-22-23(33-16-32-22)15-36(24)14-17-4-6-18(7-5-17)21-3-1-2-12-31-21/h1-12,16,24H,13-15H2,(H,32,33)/t24-/m0/s1. The van der Waals surface area contributed by atoms with Crippen molar-refractivity contribution in [3.05, 3.63) is 102 Å². The lowest BCUT2D eigenvalue weighted by atomic mass is 10.0. The van der Waals surface area contributed by atoms with Crippen molar-refractivity contribution in [2.45, 2.75) is 31.9 Å². The van der Waals surface area contributed by atoms with Gasteiger partial charge in [-0.1, -0.05) is 35.5 Å². The first-order valence-electron chi connectivity index (χ1n) is 11.9. The average Bonchev–Trinajstić information content (AvgIpc) is 3.58. The maximum Gasteiger partial charge on any atom is 0.573 e. The van der Waals surface area contributed by atoms with Gasteiger partial charge in [0.1, 0.15) is 5.75 Å². The van der Waals surface area contributed by atoms with Gasteiger partial charge in [-0.3, -0.25) is 9.88 Å². The summed E-state index contributed by atoms with van der Waals surface area (Å²) in [6.45, 7) is 1.25. The van der Waals surface area contributed by atoms with Crippen LogP contribution < -0.4 is 4.74 Å². The molecule has 0 fully saturated rings. The number of pyridine rings is 1. The van der Waals surface area contributed by atoms with Crippen LogP contribution in [-0.2, 0) is 19.5 Å². The van der Waals surface area contributed by atoms with Crippen molar-refractivity contribution in [2.75, 3.05) is 0 Å². The molecule has 5 aromatic rings. The van der Waals surface area contributed by atoms with E-state index >= 15 is 0 Å². The predicted molar refractivity (Wildman–Crippen MR) is 130 cm³/mol. The van der Waals surface area contributed by atoms with Crippen LogP contribution in [0.1, 0.15) is 28.9 Å². The monoisotopic (exact) mass is 518 g/mol. The minimum atomic E-state index is -4.75. The van der Waals surface area contributed by atoms with E-state index in [0.717, 1.165) is 28.2 Å². The van der Waals surface area contributed by atoms with Crippen LogP contribution in [0.25, 0.3) is 22.6 Å². The van der Waals surface area contributed by atoms with Crippen LogP contribution in [0.2, 0.25) is 0 Å². The molecule has 4 heterocycles.